The lowest BCUT2D eigenvalue weighted by Crippen LogP contribution is -2.26. The molecule has 1 atom stereocenters. The number of thioether (sulfide) groups is 2. The van der Waals surface area contributed by atoms with Crippen molar-refractivity contribution in [3.05, 3.63) is 17.5 Å². The molecule has 0 spiro atoms. The largest absolute Gasteiger partial charge is 0.298 e. The third-order valence-electron chi connectivity index (χ3n) is 3.11. The highest BCUT2D eigenvalue weighted by Crippen LogP contribution is 2.25. The second-order valence-electron chi connectivity index (χ2n) is 4.37. The lowest BCUT2D eigenvalue weighted by Gasteiger charge is -2.19. The van der Waals surface area contributed by atoms with Crippen molar-refractivity contribution in [3.63, 3.8) is 0 Å². The highest BCUT2D eigenvalue weighted by molar-refractivity contribution is 8.07. The van der Waals surface area contributed by atoms with Crippen molar-refractivity contribution < 1.29 is 4.79 Å². The van der Waals surface area contributed by atoms with Gasteiger partial charge in [0, 0.05) is 35.9 Å². The number of aromatic nitrogens is 2. The number of carbonyl (C=O) groups excluding carboxylic acids is 1. The van der Waals surface area contributed by atoms with E-state index in [1.165, 1.54) is 5.75 Å². The van der Waals surface area contributed by atoms with Crippen LogP contribution in [-0.4, -0.2) is 38.1 Å². The zero-order valence-electron chi connectivity index (χ0n) is 11.0. The summed E-state index contributed by atoms with van der Waals surface area (Å²) >= 11 is 3.71. The Kier molecular flexibility index (Phi) is 5.18. The number of hydrogen-bond acceptors (Lipinski definition) is 4. The van der Waals surface area contributed by atoms with E-state index in [4.69, 9.17) is 0 Å². The van der Waals surface area contributed by atoms with Gasteiger partial charge >= 0.3 is 0 Å². The van der Waals surface area contributed by atoms with Crippen molar-refractivity contribution in [2.75, 3.05) is 17.3 Å². The summed E-state index contributed by atoms with van der Waals surface area (Å²) in [5, 5.41) is 4.69. The van der Waals surface area contributed by atoms with Crippen molar-refractivity contribution in [3.8, 4) is 0 Å². The van der Waals surface area contributed by atoms with Gasteiger partial charge in [0.15, 0.2) is 5.78 Å². The summed E-state index contributed by atoms with van der Waals surface area (Å²) in [5.74, 6) is 3.63. The molecule has 1 unspecified atom stereocenters. The summed E-state index contributed by atoms with van der Waals surface area (Å²) in [6, 6.07) is 2.09. The van der Waals surface area contributed by atoms with Crippen LogP contribution in [0, 0.1) is 0 Å². The molecule has 1 aromatic rings. The summed E-state index contributed by atoms with van der Waals surface area (Å²) in [5.41, 5.74) is 2.17. The molecule has 0 saturated carbocycles. The van der Waals surface area contributed by atoms with Gasteiger partial charge < -0.3 is 0 Å². The smallest absolute Gasteiger partial charge is 0.152 e. The fourth-order valence-corrected chi connectivity index (χ4v) is 4.72. The zero-order valence-corrected chi connectivity index (χ0v) is 12.6. The Bertz CT molecular complexity index is 411. The normalized spacial score (nSPS) is 20.0. The van der Waals surface area contributed by atoms with Crippen LogP contribution in [-0.2, 0) is 24.2 Å². The zero-order chi connectivity index (χ0) is 13.0. The lowest BCUT2D eigenvalue weighted by molar-refractivity contribution is -0.117. The van der Waals surface area contributed by atoms with Gasteiger partial charge in [-0.3, -0.25) is 9.48 Å². The Labute approximate surface area is 117 Å². The number of nitrogens with zero attached hydrogens (tertiary/aromatic N) is 2. The number of rotatable bonds is 5. The Morgan fingerprint density at radius 2 is 2.33 bits per heavy atom. The number of ketones is 1. The lowest BCUT2D eigenvalue weighted by atomic mass is 10.1. The summed E-state index contributed by atoms with van der Waals surface area (Å²) in [4.78, 5) is 12.3. The molecule has 0 amide bonds. The van der Waals surface area contributed by atoms with E-state index in [-0.39, 0.29) is 5.25 Å². The van der Waals surface area contributed by atoms with Gasteiger partial charge in [-0.25, -0.2) is 0 Å². The minimum absolute atomic E-state index is 0.189. The van der Waals surface area contributed by atoms with Gasteiger partial charge in [-0.05, 0) is 19.4 Å². The van der Waals surface area contributed by atoms with E-state index in [9.17, 15) is 4.79 Å². The molecule has 2 rings (SSSR count). The van der Waals surface area contributed by atoms with Crippen LogP contribution in [0.15, 0.2) is 6.07 Å². The Hall–Kier alpha value is -0.420. The maximum atomic E-state index is 12.3. The van der Waals surface area contributed by atoms with E-state index in [1.807, 2.05) is 28.2 Å². The maximum Gasteiger partial charge on any atom is 0.152 e. The first kappa shape index (κ1) is 14.0. The molecule has 1 aliphatic rings. The monoisotopic (exact) mass is 284 g/mol. The fraction of sp³-hybridized carbons (Fsp3) is 0.692. The molecule has 1 aliphatic heterocycles. The van der Waals surface area contributed by atoms with Gasteiger partial charge in [0.1, 0.15) is 0 Å². The Morgan fingerprint density at radius 1 is 1.50 bits per heavy atom. The molecule has 0 bridgehead atoms. The van der Waals surface area contributed by atoms with E-state index in [2.05, 4.69) is 25.0 Å². The van der Waals surface area contributed by atoms with Crippen molar-refractivity contribution >= 4 is 29.3 Å². The predicted octanol–water partition coefficient (Wildman–Crippen LogP) is 2.43. The molecule has 0 radical (unpaired) electrons. The standard InChI is InChI=1S/C13H20N2OS2/c1-3-10-7-11(15(4-2)14-10)8-12(16)13-9-17-5-6-18-13/h7,13H,3-6,8-9H2,1-2H3. The van der Waals surface area contributed by atoms with Gasteiger partial charge in [-0.2, -0.15) is 16.9 Å². The molecule has 2 heterocycles. The molecular weight excluding hydrogens is 264 g/mol. The highest BCUT2D eigenvalue weighted by Gasteiger charge is 2.23. The van der Waals surface area contributed by atoms with E-state index in [1.54, 1.807) is 0 Å². The first-order valence-electron chi connectivity index (χ1n) is 6.52. The number of aryl methyl sites for hydroxylation is 2. The molecule has 0 aromatic carbocycles. The quantitative estimate of drug-likeness (QED) is 0.832. The van der Waals surface area contributed by atoms with E-state index >= 15 is 0 Å². The Balaban J connectivity index is 2.03. The second kappa shape index (κ2) is 6.66. The van der Waals surface area contributed by atoms with Gasteiger partial charge in [-0.15, -0.1) is 11.8 Å². The molecule has 1 fully saturated rings. The molecule has 0 aliphatic carbocycles. The Morgan fingerprint density at radius 3 is 2.94 bits per heavy atom. The van der Waals surface area contributed by atoms with E-state index in [0.717, 1.165) is 35.9 Å². The first-order chi connectivity index (χ1) is 8.74. The average Bonchev–Trinajstić information content (AvgIpc) is 2.82. The third kappa shape index (κ3) is 3.32. The van der Waals surface area contributed by atoms with Gasteiger partial charge in [0.2, 0.25) is 0 Å². The van der Waals surface area contributed by atoms with E-state index < -0.39 is 0 Å². The summed E-state index contributed by atoms with van der Waals surface area (Å²) in [6.07, 6.45) is 1.47. The van der Waals surface area contributed by atoms with Crippen LogP contribution in [0.3, 0.4) is 0 Å². The average molecular weight is 284 g/mol. The van der Waals surface area contributed by atoms with Crippen LogP contribution in [0.1, 0.15) is 25.2 Å². The van der Waals surface area contributed by atoms with Gasteiger partial charge in [0.05, 0.1) is 10.9 Å². The molecule has 3 nitrogen and oxygen atoms in total. The second-order valence-corrected chi connectivity index (χ2v) is 6.83. The summed E-state index contributed by atoms with van der Waals surface area (Å²) < 4.78 is 1.97. The minimum atomic E-state index is 0.189. The molecular formula is C13H20N2OS2. The van der Waals surface area contributed by atoms with Crippen LogP contribution >= 0.6 is 23.5 Å². The van der Waals surface area contributed by atoms with Crippen molar-refractivity contribution in [2.24, 2.45) is 0 Å². The van der Waals surface area contributed by atoms with Crippen LogP contribution in [0.2, 0.25) is 0 Å². The highest BCUT2D eigenvalue weighted by atomic mass is 32.2. The van der Waals surface area contributed by atoms with Gasteiger partial charge in [-0.1, -0.05) is 6.92 Å². The molecule has 1 aromatic heterocycles. The summed E-state index contributed by atoms with van der Waals surface area (Å²) in [7, 11) is 0. The third-order valence-corrected chi connectivity index (χ3v) is 5.91. The van der Waals surface area contributed by atoms with Crippen LogP contribution in [0.4, 0.5) is 0 Å². The van der Waals surface area contributed by atoms with Crippen LogP contribution in [0.5, 0.6) is 0 Å². The van der Waals surface area contributed by atoms with Crippen molar-refractivity contribution in [2.45, 2.75) is 38.5 Å². The van der Waals surface area contributed by atoms with E-state index in [0.29, 0.717) is 12.2 Å². The maximum absolute atomic E-state index is 12.3. The van der Waals surface area contributed by atoms with Crippen molar-refractivity contribution in [1.82, 2.24) is 9.78 Å². The topological polar surface area (TPSA) is 34.9 Å². The molecule has 18 heavy (non-hydrogen) atoms. The van der Waals surface area contributed by atoms with Crippen LogP contribution < -0.4 is 0 Å². The number of carbonyl (C=O) groups is 1. The van der Waals surface area contributed by atoms with Crippen molar-refractivity contribution in [1.29, 1.82) is 0 Å². The number of Topliss-reactive ketones (excluding diaryl/α,β-unsaturated/α-hetero) is 1. The first-order valence-corrected chi connectivity index (χ1v) is 8.72. The predicted molar refractivity (Wildman–Crippen MR) is 79.6 cm³/mol. The summed E-state index contributed by atoms with van der Waals surface area (Å²) in [6.45, 7) is 5.02. The van der Waals surface area contributed by atoms with Crippen LogP contribution in [0.25, 0.3) is 0 Å². The molecule has 100 valence electrons. The van der Waals surface area contributed by atoms with Gasteiger partial charge in [0.25, 0.3) is 0 Å². The minimum Gasteiger partial charge on any atom is -0.298 e. The SMILES string of the molecule is CCc1cc(CC(=O)C2CSCCS2)n(CC)n1. The fourth-order valence-electron chi connectivity index (χ4n) is 2.07. The number of hydrogen-bond donors (Lipinski definition) is 0. The molecule has 1 saturated heterocycles. The molecule has 5 heteroatoms. The molecule has 0 N–H and O–H groups in total.